The normalized spacial score (nSPS) is 11.9. The first-order chi connectivity index (χ1) is 25.3. The van der Waals surface area contributed by atoms with Gasteiger partial charge in [-0.15, -0.1) is 11.3 Å². The maximum atomic E-state index is 5.13. The highest BCUT2D eigenvalue weighted by atomic mass is 32.1. The number of thiophene rings is 1. The number of benzene rings is 9. The van der Waals surface area contributed by atoms with Gasteiger partial charge in [0.2, 0.25) is 0 Å². The molecule has 51 heavy (non-hydrogen) atoms. The van der Waals surface area contributed by atoms with Crippen LogP contribution in [-0.4, -0.2) is 15.0 Å². The van der Waals surface area contributed by atoms with Crippen molar-refractivity contribution in [3.63, 3.8) is 0 Å². The maximum absolute atomic E-state index is 5.13. The van der Waals surface area contributed by atoms with Crippen LogP contribution in [-0.2, 0) is 0 Å². The van der Waals surface area contributed by atoms with Gasteiger partial charge >= 0.3 is 0 Å². The van der Waals surface area contributed by atoms with E-state index in [-0.39, 0.29) is 0 Å². The van der Waals surface area contributed by atoms with Crippen LogP contribution in [0.5, 0.6) is 0 Å². The Balaban J connectivity index is 1.13. The predicted octanol–water partition coefficient (Wildman–Crippen LogP) is 13.0. The van der Waals surface area contributed by atoms with E-state index in [1.54, 1.807) is 0 Å². The molecule has 3 nitrogen and oxygen atoms in total. The Bertz CT molecular complexity index is 3200. The van der Waals surface area contributed by atoms with Gasteiger partial charge in [0.15, 0.2) is 17.5 Å². The molecule has 236 valence electrons. The van der Waals surface area contributed by atoms with Gasteiger partial charge in [0, 0.05) is 42.2 Å². The molecule has 0 atom stereocenters. The van der Waals surface area contributed by atoms with Crippen molar-refractivity contribution in [2.75, 3.05) is 0 Å². The van der Waals surface area contributed by atoms with E-state index in [2.05, 4.69) is 146 Å². The van der Waals surface area contributed by atoms with E-state index in [1.807, 2.05) is 29.5 Å². The molecule has 0 amide bonds. The molecule has 11 rings (SSSR count). The third kappa shape index (κ3) is 4.40. The van der Waals surface area contributed by atoms with Crippen molar-refractivity contribution in [3.8, 4) is 34.2 Å². The zero-order chi connectivity index (χ0) is 33.5. The van der Waals surface area contributed by atoms with Crippen molar-refractivity contribution in [2.24, 2.45) is 0 Å². The van der Waals surface area contributed by atoms with Crippen LogP contribution < -0.4 is 0 Å². The summed E-state index contributed by atoms with van der Waals surface area (Å²) in [6, 6.07) is 58.5. The van der Waals surface area contributed by atoms with Gasteiger partial charge in [-0.3, -0.25) is 0 Å². The van der Waals surface area contributed by atoms with Crippen LogP contribution in [0.15, 0.2) is 164 Å². The standard InChI is InChI=1S/C47H27N3S/c1-2-11-29(12-3-1)45-48-46(32-21-23-35-30(26-32)19-18-28-10-4-5-13-34(28)35)50-47(49-45)33-22-24-36-31(27-33)20-25-40-42(36)37-14-6-7-15-38(37)44-43(40)39-16-8-9-17-41(39)51-44/h1-27H. The van der Waals surface area contributed by atoms with Crippen LogP contribution in [0.4, 0.5) is 0 Å². The van der Waals surface area contributed by atoms with E-state index in [1.165, 1.54) is 63.3 Å². The molecule has 0 saturated heterocycles. The number of nitrogens with zero attached hydrogens (tertiary/aromatic N) is 3. The molecule has 0 fully saturated rings. The molecule has 0 spiro atoms. The number of rotatable bonds is 3. The zero-order valence-electron chi connectivity index (χ0n) is 27.3. The fourth-order valence-corrected chi connectivity index (χ4v) is 9.13. The minimum atomic E-state index is 0.656. The fourth-order valence-electron chi connectivity index (χ4n) is 7.87. The van der Waals surface area contributed by atoms with Crippen molar-refractivity contribution in [1.29, 1.82) is 0 Å². The Hall–Kier alpha value is -6.49. The van der Waals surface area contributed by atoms with Crippen molar-refractivity contribution in [3.05, 3.63) is 164 Å². The number of hydrogen-bond donors (Lipinski definition) is 0. The molecule has 0 bridgehead atoms. The molecule has 0 unspecified atom stereocenters. The van der Waals surface area contributed by atoms with Crippen LogP contribution in [0, 0.1) is 0 Å². The van der Waals surface area contributed by atoms with E-state index in [4.69, 9.17) is 15.0 Å². The highest BCUT2D eigenvalue weighted by Crippen LogP contribution is 2.46. The average Bonchev–Trinajstić information content (AvgIpc) is 3.60. The molecule has 0 aliphatic carbocycles. The third-order valence-electron chi connectivity index (χ3n) is 10.3. The van der Waals surface area contributed by atoms with Crippen LogP contribution in [0.25, 0.3) is 108 Å². The molecule has 4 heteroatoms. The van der Waals surface area contributed by atoms with Crippen LogP contribution >= 0.6 is 11.3 Å². The first-order valence-electron chi connectivity index (χ1n) is 17.2. The van der Waals surface area contributed by atoms with Crippen molar-refractivity contribution in [1.82, 2.24) is 15.0 Å². The number of aromatic nitrogens is 3. The van der Waals surface area contributed by atoms with Gasteiger partial charge in [-0.1, -0.05) is 146 Å². The molecule has 2 heterocycles. The number of hydrogen-bond acceptors (Lipinski definition) is 4. The number of fused-ring (bicyclic) bond motifs is 13. The molecule has 11 aromatic rings. The quantitative estimate of drug-likeness (QED) is 0.176. The molecule has 0 aliphatic rings. The van der Waals surface area contributed by atoms with E-state index in [0.29, 0.717) is 17.5 Å². The molecule has 0 aliphatic heterocycles. The lowest BCUT2D eigenvalue weighted by Crippen LogP contribution is -2.00. The summed E-state index contributed by atoms with van der Waals surface area (Å²) in [5.41, 5.74) is 2.88. The third-order valence-corrected chi connectivity index (χ3v) is 11.5. The SMILES string of the molecule is c1ccc(-c2nc(-c3ccc4c(ccc5ccccc54)c3)nc(-c3ccc4c(ccc5c4c4ccccc4c4sc6ccccc6c54)c3)n2)cc1. The van der Waals surface area contributed by atoms with Gasteiger partial charge in [0.25, 0.3) is 0 Å². The lowest BCUT2D eigenvalue weighted by molar-refractivity contribution is 1.08. The van der Waals surface area contributed by atoms with E-state index < -0.39 is 0 Å². The first kappa shape index (κ1) is 28.4. The smallest absolute Gasteiger partial charge is 0.164 e. The highest BCUT2D eigenvalue weighted by Gasteiger charge is 2.18. The summed E-state index contributed by atoms with van der Waals surface area (Å²) in [4.78, 5) is 15.2. The van der Waals surface area contributed by atoms with Crippen molar-refractivity contribution in [2.45, 2.75) is 0 Å². The van der Waals surface area contributed by atoms with Crippen LogP contribution in [0.2, 0.25) is 0 Å². The van der Waals surface area contributed by atoms with Gasteiger partial charge in [-0.05, 0) is 66.7 Å². The summed E-state index contributed by atoms with van der Waals surface area (Å²) in [6.07, 6.45) is 0. The van der Waals surface area contributed by atoms with Gasteiger partial charge in [-0.25, -0.2) is 15.0 Å². The first-order valence-corrected chi connectivity index (χ1v) is 18.0. The Kier molecular flexibility index (Phi) is 6.12. The molecular formula is C47H27N3S. The highest BCUT2D eigenvalue weighted by molar-refractivity contribution is 7.27. The zero-order valence-corrected chi connectivity index (χ0v) is 28.2. The lowest BCUT2D eigenvalue weighted by Gasteiger charge is -2.13. The van der Waals surface area contributed by atoms with Crippen LogP contribution in [0.1, 0.15) is 0 Å². The molecule has 0 N–H and O–H groups in total. The summed E-state index contributed by atoms with van der Waals surface area (Å²) in [5, 5.41) is 15.1. The summed E-state index contributed by atoms with van der Waals surface area (Å²) in [6.45, 7) is 0. The minimum Gasteiger partial charge on any atom is -0.208 e. The topological polar surface area (TPSA) is 38.7 Å². The second kappa shape index (κ2) is 11.0. The molecule has 9 aromatic carbocycles. The van der Waals surface area contributed by atoms with E-state index in [0.717, 1.165) is 27.5 Å². The van der Waals surface area contributed by atoms with Crippen LogP contribution in [0.3, 0.4) is 0 Å². The van der Waals surface area contributed by atoms with E-state index >= 15 is 0 Å². The molecule has 0 saturated carbocycles. The summed E-state index contributed by atoms with van der Waals surface area (Å²) in [7, 11) is 0. The average molecular weight is 666 g/mol. The Morgan fingerprint density at radius 1 is 0.314 bits per heavy atom. The molecule has 2 aromatic heterocycles. The lowest BCUT2D eigenvalue weighted by atomic mass is 9.92. The molecule has 0 radical (unpaired) electrons. The monoisotopic (exact) mass is 665 g/mol. The molecular weight excluding hydrogens is 639 g/mol. The van der Waals surface area contributed by atoms with Gasteiger partial charge in [0.1, 0.15) is 0 Å². The predicted molar refractivity (Wildman–Crippen MR) is 217 cm³/mol. The Morgan fingerprint density at radius 3 is 1.63 bits per heavy atom. The minimum absolute atomic E-state index is 0.656. The second-order valence-electron chi connectivity index (χ2n) is 13.2. The fraction of sp³-hybridized carbons (Fsp3) is 0. The second-order valence-corrected chi connectivity index (χ2v) is 14.2. The summed E-state index contributed by atoms with van der Waals surface area (Å²) < 4.78 is 2.67. The van der Waals surface area contributed by atoms with E-state index in [9.17, 15) is 0 Å². The Labute approximate surface area is 297 Å². The maximum Gasteiger partial charge on any atom is 0.164 e. The summed E-state index contributed by atoms with van der Waals surface area (Å²) >= 11 is 1.89. The van der Waals surface area contributed by atoms with Gasteiger partial charge in [-0.2, -0.15) is 0 Å². The Morgan fingerprint density at radius 2 is 0.843 bits per heavy atom. The van der Waals surface area contributed by atoms with Gasteiger partial charge in [0.05, 0.1) is 0 Å². The van der Waals surface area contributed by atoms with Crippen molar-refractivity contribution < 1.29 is 0 Å². The largest absolute Gasteiger partial charge is 0.208 e. The van der Waals surface area contributed by atoms with Gasteiger partial charge < -0.3 is 0 Å². The summed E-state index contributed by atoms with van der Waals surface area (Å²) in [5.74, 6) is 1.97. The van der Waals surface area contributed by atoms with Crippen molar-refractivity contribution >= 4 is 85.4 Å².